The summed E-state index contributed by atoms with van der Waals surface area (Å²) in [4.78, 5) is 24.7. The molecule has 2 aromatic heterocycles. The zero-order valence-corrected chi connectivity index (χ0v) is 24.0. The molecule has 1 saturated heterocycles. The zero-order chi connectivity index (χ0) is 29.4. The number of hydrogen-bond acceptors (Lipinski definition) is 10. The van der Waals surface area contributed by atoms with Gasteiger partial charge in [-0.15, -0.1) is 0 Å². The third kappa shape index (κ3) is 10.4. The van der Waals surface area contributed by atoms with Crippen molar-refractivity contribution < 1.29 is 28.8 Å². The molecular weight excluding hydrogens is 538 g/mol. The third-order valence-corrected chi connectivity index (χ3v) is 6.89. The van der Waals surface area contributed by atoms with E-state index in [-0.39, 0.29) is 11.7 Å². The van der Waals surface area contributed by atoms with E-state index in [2.05, 4.69) is 19.8 Å². The number of anilines is 1. The number of aromatic carboxylic acids is 1. The van der Waals surface area contributed by atoms with E-state index in [4.69, 9.17) is 24.7 Å². The summed E-state index contributed by atoms with van der Waals surface area (Å²) in [5.74, 6) is -1.04. The average molecular weight is 580 g/mol. The maximum Gasteiger partial charge on any atom is 0.354 e. The number of pyridine rings is 2. The Morgan fingerprint density at radius 2 is 1.40 bits per heavy atom. The predicted molar refractivity (Wildman–Crippen MR) is 158 cm³/mol. The van der Waals surface area contributed by atoms with Gasteiger partial charge in [0.2, 0.25) is 0 Å². The van der Waals surface area contributed by atoms with Crippen molar-refractivity contribution in [3.63, 3.8) is 0 Å². The minimum absolute atomic E-state index is 0.0362. The number of carbonyl (C=O) groups is 1. The predicted octanol–water partition coefficient (Wildman–Crippen LogP) is 2.73. The van der Waals surface area contributed by atoms with Gasteiger partial charge in [-0.1, -0.05) is 24.3 Å². The summed E-state index contributed by atoms with van der Waals surface area (Å²) in [6.07, 6.45) is 1.81. The molecule has 1 aromatic carbocycles. The third-order valence-electron chi connectivity index (χ3n) is 6.89. The van der Waals surface area contributed by atoms with Crippen molar-refractivity contribution in [2.24, 2.45) is 0 Å². The Morgan fingerprint density at radius 3 is 1.98 bits per heavy atom. The minimum atomic E-state index is -1.04. The van der Waals surface area contributed by atoms with Gasteiger partial charge >= 0.3 is 5.97 Å². The molecule has 0 bridgehead atoms. The monoisotopic (exact) mass is 579 g/mol. The van der Waals surface area contributed by atoms with Crippen LogP contribution in [0.3, 0.4) is 0 Å². The van der Waals surface area contributed by atoms with Crippen LogP contribution in [0.4, 0.5) is 5.69 Å². The van der Waals surface area contributed by atoms with Crippen LogP contribution in [0.25, 0.3) is 0 Å². The first kappa shape index (κ1) is 31.5. The maximum atomic E-state index is 11.3. The normalized spacial score (nSPS) is 18.5. The Hall–Kier alpha value is -3.45. The molecule has 3 aromatic rings. The highest BCUT2D eigenvalue weighted by molar-refractivity contribution is 5.85. The van der Waals surface area contributed by atoms with Crippen molar-refractivity contribution in [1.82, 2.24) is 19.8 Å². The number of carboxylic acids is 1. The van der Waals surface area contributed by atoms with E-state index >= 15 is 0 Å². The SMILES string of the molecule is Nc1ccc(C(c2ccccn2)N2CCOCCOCCN(Cc3cccc(C(=O)O)n3)CCOCCOCC2)cc1. The summed E-state index contributed by atoms with van der Waals surface area (Å²) in [6.45, 7) is 7.16. The molecule has 1 fully saturated rings. The van der Waals surface area contributed by atoms with Crippen molar-refractivity contribution in [2.75, 3.05) is 84.8 Å². The lowest BCUT2D eigenvalue weighted by atomic mass is 10.0. The molecule has 1 atom stereocenters. The standard InChI is InChI=1S/C31H41N5O6/c32-26-9-7-25(8-10-26)30(28-5-1-2-11-33-28)36-14-18-41-22-20-39-16-12-35(13-17-40-21-23-42-19-15-36)24-27-4-3-6-29(34-27)31(37)38/h1-11,30H,12-24,32H2,(H,37,38). The van der Waals surface area contributed by atoms with Crippen LogP contribution in [-0.4, -0.2) is 110 Å². The van der Waals surface area contributed by atoms with E-state index in [1.807, 2.05) is 54.7 Å². The molecule has 0 aliphatic carbocycles. The van der Waals surface area contributed by atoms with Gasteiger partial charge in [0.1, 0.15) is 5.69 Å². The highest BCUT2D eigenvalue weighted by Crippen LogP contribution is 2.27. The van der Waals surface area contributed by atoms with Crippen LogP contribution in [0, 0.1) is 0 Å². The molecule has 11 nitrogen and oxygen atoms in total. The molecule has 1 aliphatic rings. The molecule has 42 heavy (non-hydrogen) atoms. The van der Waals surface area contributed by atoms with Crippen LogP contribution < -0.4 is 5.73 Å². The Morgan fingerprint density at radius 1 is 0.786 bits per heavy atom. The van der Waals surface area contributed by atoms with E-state index in [9.17, 15) is 9.90 Å². The van der Waals surface area contributed by atoms with Gasteiger partial charge < -0.3 is 29.8 Å². The number of nitrogens with zero attached hydrogens (tertiary/aromatic N) is 4. The number of aromatic nitrogens is 2. The van der Waals surface area contributed by atoms with Crippen LogP contribution in [0.2, 0.25) is 0 Å². The van der Waals surface area contributed by atoms with E-state index in [1.165, 1.54) is 6.07 Å². The number of carboxylic acid groups (broad SMARTS) is 1. The summed E-state index contributed by atoms with van der Waals surface area (Å²) in [7, 11) is 0. The van der Waals surface area contributed by atoms with Gasteiger partial charge in [-0.05, 0) is 42.0 Å². The lowest BCUT2D eigenvalue weighted by Gasteiger charge is -2.32. The molecule has 1 unspecified atom stereocenters. The molecule has 4 rings (SSSR count). The van der Waals surface area contributed by atoms with Crippen LogP contribution in [0.1, 0.15) is 33.5 Å². The van der Waals surface area contributed by atoms with Crippen molar-refractivity contribution >= 4 is 11.7 Å². The van der Waals surface area contributed by atoms with Crippen LogP contribution >= 0.6 is 0 Å². The first-order valence-corrected chi connectivity index (χ1v) is 14.3. The molecule has 0 spiro atoms. The van der Waals surface area contributed by atoms with Crippen LogP contribution in [0.15, 0.2) is 66.9 Å². The topological polar surface area (TPSA) is 132 Å². The van der Waals surface area contributed by atoms with E-state index < -0.39 is 5.97 Å². The Balaban J connectivity index is 1.35. The molecule has 0 saturated carbocycles. The van der Waals surface area contributed by atoms with E-state index in [0.29, 0.717) is 91.3 Å². The Bertz CT molecular complexity index is 1180. The summed E-state index contributed by atoms with van der Waals surface area (Å²) >= 11 is 0. The molecule has 3 heterocycles. The molecule has 0 radical (unpaired) electrons. The Labute approximate surface area is 247 Å². The number of ether oxygens (including phenoxy) is 4. The molecular formula is C31H41N5O6. The molecule has 0 amide bonds. The quantitative estimate of drug-likeness (QED) is 0.418. The average Bonchev–Trinajstić information content (AvgIpc) is 3.00. The van der Waals surface area contributed by atoms with E-state index in [1.54, 1.807) is 6.07 Å². The van der Waals surface area contributed by atoms with Gasteiger partial charge in [-0.2, -0.15) is 0 Å². The summed E-state index contributed by atoms with van der Waals surface area (Å²) in [5, 5.41) is 9.26. The highest BCUT2D eigenvalue weighted by atomic mass is 16.5. The summed E-state index contributed by atoms with van der Waals surface area (Å²) in [6, 6.07) is 18.8. The minimum Gasteiger partial charge on any atom is -0.477 e. The van der Waals surface area contributed by atoms with Crippen molar-refractivity contribution in [3.05, 3.63) is 89.5 Å². The van der Waals surface area contributed by atoms with Gasteiger partial charge in [0, 0.05) is 44.6 Å². The number of benzene rings is 1. The summed E-state index contributed by atoms with van der Waals surface area (Å²) in [5.41, 5.74) is 9.47. The lowest BCUT2D eigenvalue weighted by Crippen LogP contribution is -2.36. The van der Waals surface area contributed by atoms with Crippen molar-refractivity contribution in [1.29, 1.82) is 0 Å². The number of nitrogens with two attached hydrogens (primary N) is 1. The Kier molecular flexibility index (Phi) is 13.1. The summed E-state index contributed by atoms with van der Waals surface area (Å²) < 4.78 is 23.6. The first-order valence-electron chi connectivity index (χ1n) is 14.3. The number of nitrogen functional groups attached to an aromatic ring is 1. The molecule has 11 heteroatoms. The van der Waals surface area contributed by atoms with Crippen molar-refractivity contribution in [3.8, 4) is 0 Å². The van der Waals surface area contributed by atoms with Gasteiger partial charge in [-0.25, -0.2) is 9.78 Å². The second-order valence-corrected chi connectivity index (χ2v) is 9.90. The molecule has 3 N–H and O–H groups in total. The van der Waals surface area contributed by atoms with Gasteiger partial charge in [-0.3, -0.25) is 14.8 Å². The van der Waals surface area contributed by atoms with Crippen LogP contribution in [0.5, 0.6) is 0 Å². The molecule has 1 aliphatic heterocycles. The fraction of sp³-hybridized carbons (Fsp3) is 0.452. The smallest absolute Gasteiger partial charge is 0.354 e. The van der Waals surface area contributed by atoms with E-state index in [0.717, 1.165) is 16.9 Å². The van der Waals surface area contributed by atoms with Gasteiger partial charge in [0.05, 0.1) is 70.3 Å². The highest BCUT2D eigenvalue weighted by Gasteiger charge is 2.23. The number of rotatable bonds is 6. The largest absolute Gasteiger partial charge is 0.477 e. The fourth-order valence-corrected chi connectivity index (χ4v) is 4.74. The first-order chi connectivity index (χ1) is 20.6. The van der Waals surface area contributed by atoms with Crippen LogP contribution in [-0.2, 0) is 25.5 Å². The second kappa shape index (κ2) is 17.5. The second-order valence-electron chi connectivity index (χ2n) is 9.90. The fourth-order valence-electron chi connectivity index (χ4n) is 4.74. The van der Waals surface area contributed by atoms with Crippen molar-refractivity contribution in [2.45, 2.75) is 12.6 Å². The van der Waals surface area contributed by atoms with Gasteiger partial charge in [0.25, 0.3) is 0 Å². The molecule has 226 valence electrons. The maximum absolute atomic E-state index is 11.3. The lowest BCUT2D eigenvalue weighted by molar-refractivity contribution is 0.00332. The van der Waals surface area contributed by atoms with Gasteiger partial charge in [0.15, 0.2) is 0 Å². The zero-order valence-electron chi connectivity index (χ0n) is 24.0. The number of hydrogen-bond donors (Lipinski definition) is 2.